The summed E-state index contributed by atoms with van der Waals surface area (Å²) in [7, 11) is 0. The Morgan fingerprint density at radius 1 is 0.927 bits per heavy atom. The number of hydrogen-bond donors (Lipinski definition) is 2. The Kier molecular flexibility index (Phi) is 11.0. The van der Waals surface area contributed by atoms with Crippen molar-refractivity contribution < 1.29 is 32.3 Å². The minimum absolute atomic E-state index is 0.249. The average molecular weight is 571 g/mol. The molecular formula is C30H30F4N4O3. The highest BCUT2D eigenvalue weighted by atomic mass is 19.4. The zero-order chi connectivity index (χ0) is 30.0. The summed E-state index contributed by atoms with van der Waals surface area (Å²) in [5.41, 5.74) is 4.59. The van der Waals surface area contributed by atoms with Gasteiger partial charge in [0, 0.05) is 37.4 Å². The number of nitrogens with zero attached hydrogens (tertiary/aromatic N) is 3. The van der Waals surface area contributed by atoms with E-state index in [1.807, 2.05) is 42.5 Å². The number of carbonyl (C=O) groups excluding carboxylic acids is 1. The number of benzene rings is 3. The van der Waals surface area contributed by atoms with Crippen molar-refractivity contribution in [2.24, 2.45) is 0 Å². The second-order valence-corrected chi connectivity index (χ2v) is 9.64. The summed E-state index contributed by atoms with van der Waals surface area (Å²) in [6.45, 7) is 7.39. The van der Waals surface area contributed by atoms with Crippen LogP contribution < -0.4 is 5.32 Å². The van der Waals surface area contributed by atoms with Gasteiger partial charge in [-0.2, -0.15) is 18.4 Å². The number of amides is 1. The van der Waals surface area contributed by atoms with Crippen LogP contribution in [0.3, 0.4) is 0 Å². The fourth-order valence-electron chi connectivity index (χ4n) is 4.23. The zero-order valence-corrected chi connectivity index (χ0v) is 22.4. The molecule has 3 aromatic carbocycles. The maximum absolute atomic E-state index is 13.7. The number of carboxylic acids is 1. The van der Waals surface area contributed by atoms with Crippen molar-refractivity contribution in [3.63, 3.8) is 0 Å². The molecule has 0 unspecified atom stereocenters. The molecule has 0 radical (unpaired) electrons. The first-order valence-electron chi connectivity index (χ1n) is 12.8. The lowest BCUT2D eigenvalue weighted by Crippen LogP contribution is -2.30. The Morgan fingerprint density at radius 3 is 2.10 bits per heavy atom. The van der Waals surface area contributed by atoms with E-state index in [4.69, 9.17) is 15.2 Å². The smallest absolute Gasteiger partial charge is 0.475 e. The first-order valence-corrected chi connectivity index (χ1v) is 12.8. The Bertz CT molecular complexity index is 1390. The van der Waals surface area contributed by atoms with Crippen molar-refractivity contribution in [3.05, 3.63) is 100 Å². The molecule has 1 heterocycles. The van der Waals surface area contributed by atoms with E-state index in [-0.39, 0.29) is 11.7 Å². The third kappa shape index (κ3) is 10.0. The van der Waals surface area contributed by atoms with Gasteiger partial charge in [-0.3, -0.25) is 14.6 Å². The SMILES string of the molecule is Cc1ccc(NC(=O)c2ccc(CN3CCCN(Cc4cccc(C#N)c4)CC3)cc2)cc1F.O=C(O)C(F)(F)F. The lowest BCUT2D eigenvalue weighted by atomic mass is 10.1. The Morgan fingerprint density at radius 2 is 1.54 bits per heavy atom. The number of carboxylic acid groups (broad SMARTS) is 1. The third-order valence-corrected chi connectivity index (χ3v) is 6.44. The minimum atomic E-state index is -5.08. The fraction of sp³-hybridized carbons (Fsp3) is 0.300. The first kappa shape index (κ1) is 31.3. The molecular weight excluding hydrogens is 540 g/mol. The third-order valence-electron chi connectivity index (χ3n) is 6.44. The first-order chi connectivity index (χ1) is 19.4. The van der Waals surface area contributed by atoms with Gasteiger partial charge in [0.1, 0.15) is 5.82 Å². The van der Waals surface area contributed by atoms with Crippen LogP contribution in [0, 0.1) is 24.1 Å². The van der Waals surface area contributed by atoms with E-state index >= 15 is 0 Å². The molecule has 11 heteroatoms. The van der Waals surface area contributed by atoms with E-state index in [0.29, 0.717) is 22.4 Å². The van der Waals surface area contributed by atoms with Crippen molar-refractivity contribution in [3.8, 4) is 6.07 Å². The fourth-order valence-corrected chi connectivity index (χ4v) is 4.23. The van der Waals surface area contributed by atoms with Gasteiger partial charge in [-0.1, -0.05) is 30.3 Å². The summed E-state index contributed by atoms with van der Waals surface area (Å²) >= 11 is 0. The number of carbonyl (C=O) groups is 2. The van der Waals surface area contributed by atoms with E-state index < -0.39 is 12.1 Å². The van der Waals surface area contributed by atoms with Crippen LogP contribution in [-0.4, -0.2) is 59.1 Å². The highest BCUT2D eigenvalue weighted by molar-refractivity contribution is 6.04. The second-order valence-electron chi connectivity index (χ2n) is 9.64. The van der Waals surface area contributed by atoms with E-state index in [1.54, 1.807) is 19.1 Å². The van der Waals surface area contributed by atoms with Crippen LogP contribution in [0.25, 0.3) is 0 Å². The Balaban J connectivity index is 0.000000587. The largest absolute Gasteiger partial charge is 0.490 e. The summed E-state index contributed by atoms with van der Waals surface area (Å²) in [4.78, 5) is 26.3. The number of rotatable bonds is 6. The molecule has 0 atom stereocenters. The molecule has 3 aromatic rings. The van der Waals surface area contributed by atoms with Crippen molar-refractivity contribution >= 4 is 17.6 Å². The molecule has 0 aliphatic carbocycles. The lowest BCUT2D eigenvalue weighted by molar-refractivity contribution is -0.192. The Labute approximate surface area is 235 Å². The van der Waals surface area contributed by atoms with Crippen LogP contribution in [0.2, 0.25) is 0 Å². The predicted octanol–water partition coefficient (Wildman–Crippen LogP) is 5.60. The number of alkyl halides is 3. The monoisotopic (exact) mass is 570 g/mol. The van der Waals surface area contributed by atoms with Crippen LogP contribution in [0.4, 0.5) is 23.2 Å². The van der Waals surface area contributed by atoms with E-state index in [0.717, 1.165) is 51.3 Å². The van der Waals surface area contributed by atoms with Crippen molar-refractivity contribution in [2.75, 3.05) is 31.5 Å². The molecule has 1 aliphatic heterocycles. The van der Waals surface area contributed by atoms with Crippen LogP contribution in [0.5, 0.6) is 0 Å². The molecule has 0 saturated carbocycles. The Hall–Kier alpha value is -4.27. The van der Waals surface area contributed by atoms with Gasteiger partial charge in [0.05, 0.1) is 11.6 Å². The van der Waals surface area contributed by atoms with Gasteiger partial charge in [0.25, 0.3) is 5.91 Å². The quantitative estimate of drug-likeness (QED) is 0.375. The van der Waals surface area contributed by atoms with E-state index in [9.17, 15) is 22.4 Å². The van der Waals surface area contributed by atoms with Crippen LogP contribution in [0.1, 0.15) is 39.0 Å². The molecule has 216 valence electrons. The van der Waals surface area contributed by atoms with Crippen molar-refractivity contribution in [1.29, 1.82) is 5.26 Å². The molecule has 4 rings (SSSR count). The van der Waals surface area contributed by atoms with Gasteiger partial charge in [-0.05, 0) is 79.5 Å². The minimum Gasteiger partial charge on any atom is -0.475 e. The predicted molar refractivity (Wildman–Crippen MR) is 146 cm³/mol. The average Bonchev–Trinajstić information content (AvgIpc) is 3.16. The van der Waals surface area contributed by atoms with E-state index in [2.05, 4.69) is 27.3 Å². The van der Waals surface area contributed by atoms with Crippen LogP contribution in [-0.2, 0) is 17.9 Å². The highest BCUT2D eigenvalue weighted by Gasteiger charge is 2.38. The summed E-state index contributed by atoms with van der Waals surface area (Å²) in [6.07, 6.45) is -3.99. The summed E-state index contributed by atoms with van der Waals surface area (Å²) in [5.74, 6) is -3.34. The molecule has 1 fully saturated rings. The van der Waals surface area contributed by atoms with Crippen LogP contribution in [0.15, 0.2) is 66.7 Å². The van der Waals surface area contributed by atoms with Crippen molar-refractivity contribution in [1.82, 2.24) is 9.80 Å². The second kappa shape index (κ2) is 14.4. The summed E-state index contributed by atoms with van der Waals surface area (Å²) in [5, 5.41) is 19.0. The van der Waals surface area contributed by atoms with Gasteiger partial charge >= 0.3 is 12.1 Å². The lowest BCUT2D eigenvalue weighted by Gasteiger charge is -2.22. The maximum atomic E-state index is 13.7. The van der Waals surface area contributed by atoms with Gasteiger partial charge in [-0.15, -0.1) is 0 Å². The molecule has 41 heavy (non-hydrogen) atoms. The van der Waals surface area contributed by atoms with Gasteiger partial charge in [0.15, 0.2) is 0 Å². The number of halogens is 4. The molecule has 0 spiro atoms. The zero-order valence-electron chi connectivity index (χ0n) is 22.4. The van der Waals surface area contributed by atoms with E-state index in [1.165, 1.54) is 11.6 Å². The number of aryl methyl sites for hydroxylation is 1. The van der Waals surface area contributed by atoms with Gasteiger partial charge in [-0.25, -0.2) is 9.18 Å². The van der Waals surface area contributed by atoms with Gasteiger partial charge < -0.3 is 10.4 Å². The molecule has 1 amide bonds. The molecule has 2 N–H and O–H groups in total. The summed E-state index contributed by atoms with van der Waals surface area (Å²) in [6, 6.07) is 22.4. The van der Waals surface area contributed by atoms with Crippen LogP contribution >= 0.6 is 0 Å². The number of hydrogen-bond acceptors (Lipinski definition) is 5. The topological polar surface area (TPSA) is 96.7 Å². The molecule has 0 bridgehead atoms. The number of anilines is 1. The molecule has 1 aliphatic rings. The highest BCUT2D eigenvalue weighted by Crippen LogP contribution is 2.17. The molecule has 7 nitrogen and oxygen atoms in total. The number of nitrogens with one attached hydrogen (secondary N) is 1. The summed E-state index contributed by atoms with van der Waals surface area (Å²) < 4.78 is 45.5. The number of nitriles is 1. The molecule has 0 aromatic heterocycles. The number of aliphatic carboxylic acids is 1. The van der Waals surface area contributed by atoms with Gasteiger partial charge in [0.2, 0.25) is 0 Å². The maximum Gasteiger partial charge on any atom is 0.490 e. The normalized spacial score (nSPS) is 14.2. The van der Waals surface area contributed by atoms with Crippen molar-refractivity contribution in [2.45, 2.75) is 32.6 Å². The standard InChI is InChI=1S/C28H29FN4O.C2HF3O2/c1-21-6-11-26(17-27(21)29)31-28(34)25-9-7-22(8-10-25)19-32-12-3-13-33(15-14-32)20-24-5-2-4-23(16-24)18-30;3-2(4,5)1(6)7/h2,4-11,16-17H,3,12-15,19-20H2,1H3,(H,31,34);(H,6,7). The molecule has 1 saturated heterocycles.